The van der Waals surface area contributed by atoms with Crippen LogP contribution in [0.15, 0.2) is 59.5 Å². The van der Waals surface area contributed by atoms with Crippen LogP contribution in [0.5, 0.6) is 0 Å². The van der Waals surface area contributed by atoms with Crippen LogP contribution in [-0.4, -0.2) is 67.0 Å². The minimum Gasteiger partial charge on any atom is -0.345 e. The summed E-state index contributed by atoms with van der Waals surface area (Å²) >= 11 is 1.65. The molecule has 0 fully saturated rings. The molecule has 0 saturated heterocycles. The normalized spacial score (nSPS) is 12.6. The van der Waals surface area contributed by atoms with Crippen molar-refractivity contribution in [3.05, 3.63) is 65.7 Å². The van der Waals surface area contributed by atoms with Gasteiger partial charge in [-0.2, -0.15) is 0 Å². The van der Waals surface area contributed by atoms with Crippen molar-refractivity contribution in [3.8, 4) is 0 Å². The zero-order valence-corrected chi connectivity index (χ0v) is 21.8. The first-order chi connectivity index (χ1) is 17.4. The highest BCUT2D eigenvalue weighted by Crippen LogP contribution is 2.17. The van der Waals surface area contributed by atoms with Gasteiger partial charge in [0.05, 0.1) is 18.5 Å². The van der Waals surface area contributed by atoms with E-state index in [1.54, 1.807) is 11.8 Å². The monoisotopic (exact) mass is 513 g/mol. The van der Waals surface area contributed by atoms with Crippen molar-refractivity contribution in [2.45, 2.75) is 49.1 Å². The molecule has 36 heavy (non-hydrogen) atoms. The van der Waals surface area contributed by atoms with E-state index >= 15 is 0 Å². The van der Waals surface area contributed by atoms with Gasteiger partial charge in [0, 0.05) is 37.5 Å². The number of amides is 2. The molecule has 0 aliphatic heterocycles. The summed E-state index contributed by atoms with van der Waals surface area (Å²) in [6, 6.07) is 16.1. The summed E-state index contributed by atoms with van der Waals surface area (Å²) in [6.45, 7) is 1.28. The number of aryl methyl sites for hydroxylation is 2. The lowest BCUT2D eigenvalue weighted by molar-refractivity contribution is -0.135. The molecule has 2 atom stereocenters. The summed E-state index contributed by atoms with van der Waals surface area (Å²) in [7, 11) is 0. The van der Waals surface area contributed by atoms with Crippen LogP contribution in [0, 0.1) is 0 Å². The second-order valence-corrected chi connectivity index (χ2v) is 9.55. The van der Waals surface area contributed by atoms with Crippen LogP contribution in [-0.2, 0) is 27.2 Å². The van der Waals surface area contributed by atoms with Gasteiger partial charge in [0.25, 0.3) is 0 Å². The zero-order valence-electron chi connectivity index (χ0n) is 21.0. The average Bonchev–Trinajstić information content (AvgIpc) is 2.89. The van der Waals surface area contributed by atoms with Crippen LogP contribution >= 0.6 is 11.8 Å². The minimum atomic E-state index is -1.07. The maximum Gasteiger partial charge on any atom is 0.238 e. The molecule has 9 heteroatoms. The Kier molecular flexibility index (Phi) is 13.2. The summed E-state index contributed by atoms with van der Waals surface area (Å²) in [6.07, 6.45) is 3.81. The minimum absolute atomic E-state index is 0.0553. The van der Waals surface area contributed by atoms with E-state index in [0.29, 0.717) is 51.9 Å². The van der Waals surface area contributed by atoms with Crippen molar-refractivity contribution >= 4 is 29.4 Å². The Balaban J connectivity index is 2.04. The van der Waals surface area contributed by atoms with Gasteiger partial charge in [-0.3, -0.25) is 14.4 Å². The first-order valence-electron chi connectivity index (χ1n) is 12.3. The number of thioether (sulfide) groups is 1. The lowest BCUT2D eigenvalue weighted by atomic mass is 9.97. The number of hydrogen-bond acceptors (Lipinski definition) is 7. The third-order valence-electron chi connectivity index (χ3n) is 5.95. The van der Waals surface area contributed by atoms with Crippen molar-refractivity contribution in [2.24, 2.45) is 17.2 Å². The molecule has 0 heterocycles. The number of nitrogens with one attached hydrogen (secondary N) is 1. The second kappa shape index (κ2) is 16.1. The average molecular weight is 514 g/mol. The van der Waals surface area contributed by atoms with E-state index in [1.807, 2.05) is 54.8 Å². The van der Waals surface area contributed by atoms with E-state index in [4.69, 9.17) is 17.2 Å². The van der Waals surface area contributed by atoms with Gasteiger partial charge in [0.1, 0.15) is 0 Å². The number of carbonyl (C=O) groups excluding carboxylic acids is 3. The van der Waals surface area contributed by atoms with Crippen LogP contribution in [0.4, 0.5) is 0 Å². The van der Waals surface area contributed by atoms with Gasteiger partial charge in [0.15, 0.2) is 5.78 Å². The predicted octanol–water partition coefficient (Wildman–Crippen LogP) is 1.49. The van der Waals surface area contributed by atoms with Crippen LogP contribution in [0.25, 0.3) is 0 Å². The van der Waals surface area contributed by atoms with Crippen LogP contribution < -0.4 is 22.5 Å². The Bertz CT molecular complexity index is 967. The van der Waals surface area contributed by atoms with Crippen LogP contribution in [0.1, 0.15) is 30.4 Å². The highest BCUT2D eigenvalue weighted by atomic mass is 32.2. The Morgan fingerprint density at radius 2 is 1.61 bits per heavy atom. The van der Waals surface area contributed by atoms with E-state index in [9.17, 15) is 14.4 Å². The number of nitrogens with zero attached hydrogens (tertiary/aromatic N) is 1. The van der Waals surface area contributed by atoms with Gasteiger partial charge in [-0.05, 0) is 48.8 Å². The number of nitrogens with two attached hydrogens (primary N) is 3. The first kappa shape index (κ1) is 29.5. The number of carbonyl (C=O) groups is 3. The third kappa shape index (κ3) is 10.1. The maximum atomic E-state index is 13.2. The molecule has 0 unspecified atom stereocenters. The Labute approximate surface area is 218 Å². The molecular weight excluding hydrogens is 474 g/mol. The fraction of sp³-hybridized carbons (Fsp3) is 0.444. The Morgan fingerprint density at radius 1 is 0.944 bits per heavy atom. The summed E-state index contributed by atoms with van der Waals surface area (Å²) in [5, 5.41) is 2.82. The van der Waals surface area contributed by atoms with Crippen LogP contribution in [0.3, 0.4) is 0 Å². The highest BCUT2D eigenvalue weighted by molar-refractivity contribution is 7.98. The topological polar surface area (TPSA) is 145 Å². The molecule has 8 nitrogen and oxygen atoms in total. The molecule has 0 aliphatic carbocycles. The van der Waals surface area contributed by atoms with Gasteiger partial charge in [-0.1, -0.05) is 42.5 Å². The summed E-state index contributed by atoms with van der Waals surface area (Å²) in [4.78, 5) is 41.3. The summed E-state index contributed by atoms with van der Waals surface area (Å²) in [5.41, 5.74) is 19.4. The molecule has 0 aromatic heterocycles. The van der Waals surface area contributed by atoms with Crippen molar-refractivity contribution in [3.63, 3.8) is 0 Å². The molecule has 196 valence electrons. The maximum absolute atomic E-state index is 13.2. The Morgan fingerprint density at radius 3 is 2.25 bits per heavy atom. The molecule has 7 N–H and O–H groups in total. The molecule has 0 spiro atoms. The lowest BCUT2D eigenvalue weighted by Crippen LogP contribution is -2.51. The van der Waals surface area contributed by atoms with Crippen molar-refractivity contribution in [1.29, 1.82) is 0 Å². The summed E-state index contributed by atoms with van der Waals surface area (Å²) in [5.74, 6) is -0.853. The van der Waals surface area contributed by atoms with E-state index in [-0.39, 0.29) is 18.1 Å². The number of rotatable bonds is 16. The molecule has 2 amide bonds. The number of ketones is 1. The van der Waals surface area contributed by atoms with Crippen LogP contribution in [0.2, 0.25) is 0 Å². The standard InChI is InChI=1S/C27H39N5O3S/c1-36-22-9-5-8-21(18-22)11-13-25(33)24(12-10-20-6-3-2-4-7-20)31-27(35)23(30)19-26(34)32(16-14-28)17-15-29/h2-9,18,23-24H,10-17,19,28-30H2,1H3,(H,31,35)/t23-,24-/m0/s1. The molecule has 2 aromatic carbocycles. The molecule has 0 aliphatic rings. The number of hydrogen-bond donors (Lipinski definition) is 4. The fourth-order valence-electron chi connectivity index (χ4n) is 3.90. The van der Waals surface area contributed by atoms with Gasteiger partial charge in [-0.25, -0.2) is 0 Å². The largest absolute Gasteiger partial charge is 0.345 e. The molecule has 0 radical (unpaired) electrons. The van der Waals surface area contributed by atoms with Gasteiger partial charge < -0.3 is 27.4 Å². The van der Waals surface area contributed by atoms with E-state index < -0.39 is 18.0 Å². The zero-order chi connectivity index (χ0) is 26.3. The molecule has 2 aromatic rings. The molecule has 2 rings (SSSR count). The molecular formula is C27H39N5O3S. The van der Waals surface area contributed by atoms with E-state index in [0.717, 1.165) is 16.0 Å². The molecule has 0 saturated carbocycles. The SMILES string of the molecule is CSc1cccc(CCC(=O)[C@H](CCc2ccccc2)NC(=O)[C@@H](N)CC(=O)N(CCN)CCN)c1. The summed E-state index contributed by atoms with van der Waals surface area (Å²) < 4.78 is 0. The quantitative estimate of drug-likeness (QED) is 0.249. The van der Waals surface area contributed by atoms with E-state index in [1.165, 1.54) is 4.90 Å². The van der Waals surface area contributed by atoms with Crippen molar-refractivity contribution in [1.82, 2.24) is 10.2 Å². The van der Waals surface area contributed by atoms with Crippen molar-refractivity contribution < 1.29 is 14.4 Å². The third-order valence-corrected chi connectivity index (χ3v) is 6.67. The number of Topliss-reactive ketones (excluding diaryl/α,β-unsaturated/α-hetero) is 1. The van der Waals surface area contributed by atoms with Crippen molar-refractivity contribution in [2.75, 3.05) is 32.4 Å². The van der Waals surface area contributed by atoms with E-state index in [2.05, 4.69) is 11.4 Å². The highest BCUT2D eigenvalue weighted by Gasteiger charge is 2.26. The predicted molar refractivity (Wildman–Crippen MR) is 146 cm³/mol. The first-order valence-corrected chi connectivity index (χ1v) is 13.5. The molecule has 0 bridgehead atoms. The second-order valence-electron chi connectivity index (χ2n) is 8.67. The van der Waals surface area contributed by atoms with Gasteiger partial charge >= 0.3 is 0 Å². The lowest BCUT2D eigenvalue weighted by Gasteiger charge is -2.24. The number of benzene rings is 2. The fourth-order valence-corrected chi connectivity index (χ4v) is 4.38. The van der Waals surface area contributed by atoms with Gasteiger partial charge in [0.2, 0.25) is 11.8 Å². The van der Waals surface area contributed by atoms with Gasteiger partial charge in [-0.15, -0.1) is 11.8 Å². The Hall–Kier alpha value is -2.72. The smallest absolute Gasteiger partial charge is 0.238 e.